The van der Waals surface area contributed by atoms with Crippen LogP contribution in [-0.2, 0) is 9.53 Å². The summed E-state index contributed by atoms with van der Waals surface area (Å²) < 4.78 is 16.7. The summed E-state index contributed by atoms with van der Waals surface area (Å²) in [7, 11) is 0. The molecule has 0 spiro atoms. The van der Waals surface area contributed by atoms with E-state index in [9.17, 15) is 9.18 Å². The number of esters is 1. The fraction of sp³-hybridized carbons (Fsp3) is 0.429. The van der Waals surface area contributed by atoms with Crippen molar-refractivity contribution in [2.24, 2.45) is 0 Å². The van der Waals surface area contributed by atoms with E-state index in [2.05, 4.69) is 11.3 Å². The van der Waals surface area contributed by atoms with Gasteiger partial charge >= 0.3 is 5.97 Å². The van der Waals surface area contributed by atoms with Gasteiger partial charge in [-0.25, -0.2) is 4.79 Å². The first kappa shape index (κ1) is 9.63. The summed E-state index contributed by atoms with van der Waals surface area (Å²) in [6.45, 7) is 5.19. The molecular formula is C7H8FNO2. The van der Waals surface area contributed by atoms with Gasteiger partial charge in [0.2, 0.25) is 5.85 Å². The molecule has 0 radical (unpaired) electrons. The first-order valence-corrected chi connectivity index (χ1v) is 2.88. The number of ether oxygens (including phenoxy) is 1. The standard InChI is InChI=1S/C7H8FNO2/c1-5(4-9)6(10)11-7(2,3)8/h1H2,2-3H3. The predicted molar refractivity (Wildman–Crippen MR) is 36.0 cm³/mol. The first-order valence-electron chi connectivity index (χ1n) is 2.88. The van der Waals surface area contributed by atoms with Gasteiger partial charge in [-0.1, -0.05) is 6.58 Å². The SMILES string of the molecule is C=C(C#N)C(=O)OC(C)(C)F. The van der Waals surface area contributed by atoms with Crippen LogP contribution in [0.4, 0.5) is 4.39 Å². The molecule has 0 saturated heterocycles. The molecule has 0 aromatic carbocycles. The smallest absolute Gasteiger partial charge is 0.350 e. The molecule has 0 saturated carbocycles. The minimum atomic E-state index is -2.06. The minimum Gasteiger partial charge on any atom is -0.425 e. The molecule has 60 valence electrons. The highest BCUT2D eigenvalue weighted by molar-refractivity contribution is 5.92. The van der Waals surface area contributed by atoms with Gasteiger partial charge in [0.25, 0.3) is 0 Å². The van der Waals surface area contributed by atoms with Crippen LogP contribution < -0.4 is 0 Å². The average Bonchev–Trinajstić information content (AvgIpc) is 1.82. The lowest BCUT2D eigenvalue weighted by atomic mass is 10.3. The Kier molecular flexibility index (Phi) is 2.76. The highest BCUT2D eigenvalue weighted by Crippen LogP contribution is 2.11. The van der Waals surface area contributed by atoms with Crippen molar-refractivity contribution in [2.75, 3.05) is 0 Å². The van der Waals surface area contributed by atoms with Gasteiger partial charge in [0.15, 0.2) is 0 Å². The molecule has 0 bridgehead atoms. The van der Waals surface area contributed by atoms with Crippen molar-refractivity contribution >= 4 is 5.97 Å². The third-order valence-corrected chi connectivity index (χ3v) is 0.717. The molecule has 0 aliphatic heterocycles. The van der Waals surface area contributed by atoms with Crippen molar-refractivity contribution in [1.82, 2.24) is 0 Å². The number of halogens is 1. The van der Waals surface area contributed by atoms with E-state index in [1.807, 2.05) is 0 Å². The molecule has 0 rings (SSSR count). The van der Waals surface area contributed by atoms with Gasteiger partial charge in [-0.2, -0.15) is 9.65 Å². The van der Waals surface area contributed by atoms with Gasteiger partial charge in [0.1, 0.15) is 11.6 Å². The van der Waals surface area contributed by atoms with E-state index >= 15 is 0 Å². The van der Waals surface area contributed by atoms with E-state index in [1.54, 1.807) is 0 Å². The lowest BCUT2D eigenvalue weighted by molar-refractivity contribution is -0.168. The lowest BCUT2D eigenvalue weighted by Crippen LogP contribution is -2.22. The first-order chi connectivity index (χ1) is 4.87. The molecule has 0 aromatic heterocycles. The molecule has 0 atom stereocenters. The molecule has 0 unspecified atom stereocenters. The van der Waals surface area contributed by atoms with E-state index in [4.69, 9.17) is 5.26 Å². The summed E-state index contributed by atoms with van der Waals surface area (Å²) in [5.41, 5.74) is -0.407. The fourth-order valence-corrected chi connectivity index (χ4v) is 0.328. The van der Waals surface area contributed by atoms with Crippen molar-refractivity contribution in [3.63, 3.8) is 0 Å². The van der Waals surface area contributed by atoms with E-state index in [1.165, 1.54) is 6.07 Å². The second-order valence-corrected chi connectivity index (χ2v) is 2.34. The van der Waals surface area contributed by atoms with Crippen LogP contribution in [0.25, 0.3) is 0 Å². The van der Waals surface area contributed by atoms with Gasteiger partial charge in [-0.3, -0.25) is 0 Å². The second-order valence-electron chi connectivity index (χ2n) is 2.34. The predicted octanol–water partition coefficient (Wildman–Crippen LogP) is 1.31. The summed E-state index contributed by atoms with van der Waals surface area (Å²) in [4.78, 5) is 10.6. The zero-order chi connectivity index (χ0) is 9.07. The number of nitriles is 1. The number of nitrogens with zero attached hydrogens (tertiary/aromatic N) is 1. The number of alkyl halides is 1. The molecule has 3 nitrogen and oxygen atoms in total. The Labute approximate surface area is 64.1 Å². The van der Waals surface area contributed by atoms with Gasteiger partial charge < -0.3 is 4.74 Å². The average molecular weight is 157 g/mol. The van der Waals surface area contributed by atoms with Crippen LogP contribution in [0.1, 0.15) is 13.8 Å². The summed E-state index contributed by atoms with van der Waals surface area (Å²) in [5, 5.41) is 8.13. The van der Waals surface area contributed by atoms with Gasteiger partial charge in [0, 0.05) is 13.8 Å². The monoisotopic (exact) mass is 157 g/mol. The van der Waals surface area contributed by atoms with E-state index in [0.29, 0.717) is 0 Å². The minimum absolute atomic E-state index is 0.407. The molecule has 0 N–H and O–H groups in total. The Bertz CT molecular complexity index is 222. The number of rotatable bonds is 2. The molecule has 0 amide bonds. The normalized spacial score (nSPS) is 10.0. The Balaban J connectivity index is 4.13. The summed E-state index contributed by atoms with van der Waals surface area (Å²) in [6, 6.07) is 1.45. The third-order valence-electron chi connectivity index (χ3n) is 0.717. The van der Waals surface area contributed by atoms with Crippen LogP contribution >= 0.6 is 0 Å². The molecule has 4 heteroatoms. The molecule has 11 heavy (non-hydrogen) atoms. The van der Waals surface area contributed by atoms with Crippen molar-refractivity contribution < 1.29 is 13.9 Å². The van der Waals surface area contributed by atoms with Crippen LogP contribution in [0.15, 0.2) is 12.2 Å². The molecular weight excluding hydrogens is 149 g/mol. The van der Waals surface area contributed by atoms with Crippen LogP contribution in [0.3, 0.4) is 0 Å². The molecule has 0 aliphatic rings. The summed E-state index contributed by atoms with van der Waals surface area (Å²) in [5.74, 6) is -3.09. The van der Waals surface area contributed by atoms with Crippen LogP contribution in [-0.4, -0.2) is 11.8 Å². The molecule has 0 aliphatic carbocycles. The number of carbonyl (C=O) groups is 1. The Morgan fingerprint density at radius 2 is 2.18 bits per heavy atom. The Morgan fingerprint density at radius 1 is 1.73 bits per heavy atom. The largest absolute Gasteiger partial charge is 0.425 e. The Hall–Kier alpha value is -1.37. The highest BCUT2D eigenvalue weighted by Gasteiger charge is 2.22. The lowest BCUT2D eigenvalue weighted by Gasteiger charge is -2.13. The Morgan fingerprint density at radius 3 is 2.45 bits per heavy atom. The third kappa shape index (κ3) is 4.09. The molecule has 0 fully saturated rings. The zero-order valence-electron chi connectivity index (χ0n) is 6.35. The number of hydrogen-bond acceptors (Lipinski definition) is 3. The zero-order valence-corrected chi connectivity index (χ0v) is 6.35. The van der Waals surface area contributed by atoms with E-state index in [-0.39, 0.29) is 0 Å². The number of carbonyl (C=O) groups excluding carboxylic acids is 1. The van der Waals surface area contributed by atoms with Crippen molar-refractivity contribution in [1.29, 1.82) is 5.26 Å². The van der Waals surface area contributed by atoms with Gasteiger partial charge in [-0.15, -0.1) is 0 Å². The van der Waals surface area contributed by atoms with Crippen LogP contribution in [0.2, 0.25) is 0 Å². The molecule has 0 heterocycles. The highest BCUT2D eigenvalue weighted by atomic mass is 19.2. The fourth-order valence-electron chi connectivity index (χ4n) is 0.328. The van der Waals surface area contributed by atoms with Gasteiger partial charge in [-0.05, 0) is 0 Å². The summed E-state index contributed by atoms with van der Waals surface area (Å²) in [6.07, 6.45) is 0. The van der Waals surface area contributed by atoms with Crippen LogP contribution in [0.5, 0.6) is 0 Å². The van der Waals surface area contributed by atoms with Crippen molar-refractivity contribution in [2.45, 2.75) is 19.7 Å². The topological polar surface area (TPSA) is 50.1 Å². The maximum absolute atomic E-state index is 12.5. The summed E-state index contributed by atoms with van der Waals surface area (Å²) >= 11 is 0. The van der Waals surface area contributed by atoms with Crippen LogP contribution in [0, 0.1) is 11.3 Å². The number of hydrogen-bond donors (Lipinski definition) is 0. The maximum Gasteiger partial charge on any atom is 0.350 e. The maximum atomic E-state index is 12.5. The van der Waals surface area contributed by atoms with Crippen molar-refractivity contribution in [3.8, 4) is 6.07 Å². The van der Waals surface area contributed by atoms with E-state index in [0.717, 1.165) is 13.8 Å². The van der Waals surface area contributed by atoms with Gasteiger partial charge in [0.05, 0.1) is 0 Å². The second kappa shape index (κ2) is 3.15. The quantitative estimate of drug-likeness (QED) is 0.345. The van der Waals surface area contributed by atoms with Crippen molar-refractivity contribution in [3.05, 3.63) is 12.2 Å². The van der Waals surface area contributed by atoms with E-state index < -0.39 is 17.4 Å². The molecule has 0 aromatic rings.